The summed E-state index contributed by atoms with van der Waals surface area (Å²) in [6.45, 7) is 32.7. The van der Waals surface area contributed by atoms with Gasteiger partial charge in [-0.15, -0.1) is 0 Å². The van der Waals surface area contributed by atoms with E-state index in [2.05, 4.69) is 90.4 Å². The lowest BCUT2D eigenvalue weighted by molar-refractivity contribution is -0.157. The fourth-order valence-corrected chi connectivity index (χ4v) is 14.6. The minimum atomic E-state index is -3.34. The average Bonchev–Trinajstić information content (AvgIpc) is 0.866. The zero-order chi connectivity index (χ0) is 86.4. The zero-order valence-corrected chi connectivity index (χ0v) is 80.6. The molecule has 4 aromatic carbocycles. The summed E-state index contributed by atoms with van der Waals surface area (Å²) in [5.41, 5.74) is 6.32. The normalized spacial score (nSPS) is 17.3. The number of ether oxygens (including phenoxy) is 7. The third-order valence-corrected chi connectivity index (χ3v) is 20.0. The number of ketones is 1. The van der Waals surface area contributed by atoms with E-state index in [1.807, 2.05) is 164 Å². The number of carbonyl (C=O) groups is 9. The fraction of sp³-hybridized carbons (Fsp3) is 0.611. The molecule has 0 aromatic heterocycles. The van der Waals surface area contributed by atoms with E-state index in [-0.39, 0.29) is 62.6 Å². The first-order valence-corrected chi connectivity index (χ1v) is 48.7. The van der Waals surface area contributed by atoms with Gasteiger partial charge in [-0.1, -0.05) is 152 Å². The molecule has 0 aliphatic heterocycles. The van der Waals surface area contributed by atoms with Crippen molar-refractivity contribution in [2.24, 2.45) is 11.8 Å². The van der Waals surface area contributed by atoms with Crippen molar-refractivity contribution >= 4 is 151 Å². The molecule has 4 aromatic rings. The van der Waals surface area contributed by atoms with Gasteiger partial charge < -0.3 is 47.3 Å². The molecule has 0 heterocycles. The maximum atomic E-state index is 12.0. The number of carbonyl (C=O) groups excluding carboxylic acids is 8. The minimum Gasteiger partial charge on any atom is -0.478 e. The van der Waals surface area contributed by atoms with Gasteiger partial charge in [-0.3, -0.25) is 23.7 Å². The summed E-state index contributed by atoms with van der Waals surface area (Å²) in [4.78, 5) is 108. The summed E-state index contributed by atoms with van der Waals surface area (Å²) in [5, 5.41) is 8.94. The fourth-order valence-electron chi connectivity index (χ4n) is 13.1. The largest absolute Gasteiger partial charge is 0.478 e. The quantitative estimate of drug-likeness (QED) is 0.0191. The van der Waals surface area contributed by atoms with Gasteiger partial charge in [0.25, 0.3) is 0 Å². The second-order valence-electron chi connectivity index (χ2n) is 31.7. The number of halogens is 4. The van der Waals surface area contributed by atoms with E-state index in [0.29, 0.717) is 109 Å². The number of rotatable bonds is 22. The SMILES string of the molecule is C.CC(C)(C)OC(=O)CC1CCC(c2ccc(C(=O)O)cc2)CC1.CCOC(=O)c1ccc(C2CCC(=CC(=O)OC(C)(C)C)CC2)cc1.CCOC(=O)c1ccc(C2CCC(=O)CC2)cc1.CCOC(=O)c1ccc(C2CCC(CC(=O)OC(C)(C)C)CC2)cc1.CCOP(=O)(CC(=O)OC(C)(C)C)OCC.CI.CI.ICI. The molecule has 20 nitrogen and oxygen atoms in total. The standard InChI is InChI=1S/C21H30O4.C21H28O4.C19H26O4.C15H18O3.C10H21O5P.CH2I2.2CH3I.CH4/c2*1-5-24-20(23)18-12-10-17(11-13-18)16-8-6-15(7-9-16)14-19(22)25-21(2,3)4;1-19(2,3)23-17(20)12-13-4-6-14(7-5-13)15-8-10-16(11-9-15)18(21)22;1-2-18-15(17)13-5-3-11(4-6-13)12-7-9-14(16)10-8-12;1-6-13-16(12,14-7-2)8-9(11)15-10(3,4)5;2-1-3;2*1-2;/h10-13,15-16H,5-9,14H2,1-4H3;10-14,16H,5-9H2,1-4H3;8-11,13-14H,4-7,12H2,1-3H3,(H,21,22);3-6,12H,2,7-10H2,1H3;6-8H2,1-5H3;1H2;2*1H3;1H4. The van der Waals surface area contributed by atoms with Crippen LogP contribution in [0.1, 0.15) is 328 Å². The summed E-state index contributed by atoms with van der Waals surface area (Å²) in [5.74, 6) is 0.360. The molecular formula is C90H135I4O20P. The monoisotopic (exact) mass is 2070 g/mol. The Morgan fingerprint density at radius 1 is 0.400 bits per heavy atom. The van der Waals surface area contributed by atoms with E-state index < -0.39 is 41.9 Å². The molecule has 4 aliphatic rings. The summed E-state index contributed by atoms with van der Waals surface area (Å²) >= 11 is 8.85. The van der Waals surface area contributed by atoms with Crippen molar-refractivity contribution in [3.8, 4) is 0 Å². The Morgan fingerprint density at radius 3 is 0.922 bits per heavy atom. The zero-order valence-electron chi connectivity index (χ0n) is 71.1. The molecule has 0 radical (unpaired) electrons. The molecule has 25 heteroatoms. The molecule has 115 heavy (non-hydrogen) atoms. The molecular weight excluding hydrogens is 1940 g/mol. The van der Waals surface area contributed by atoms with Crippen LogP contribution in [0.5, 0.6) is 0 Å². The number of hydrogen-bond donors (Lipinski definition) is 1. The van der Waals surface area contributed by atoms with Crippen LogP contribution >= 0.6 is 98.0 Å². The van der Waals surface area contributed by atoms with Crippen LogP contribution in [-0.4, -0.2) is 133 Å². The van der Waals surface area contributed by atoms with Crippen molar-refractivity contribution in [1.29, 1.82) is 0 Å². The van der Waals surface area contributed by atoms with Crippen LogP contribution in [0.4, 0.5) is 0 Å². The Morgan fingerprint density at radius 2 is 0.661 bits per heavy atom. The number of alkyl halides is 4. The lowest BCUT2D eigenvalue weighted by Gasteiger charge is -2.29. The predicted molar refractivity (Wildman–Crippen MR) is 493 cm³/mol. The minimum absolute atomic E-state index is 0. The number of allylic oxidation sites excluding steroid dienone is 1. The molecule has 0 amide bonds. The summed E-state index contributed by atoms with van der Waals surface area (Å²) in [7, 11) is -3.34. The van der Waals surface area contributed by atoms with E-state index in [1.54, 1.807) is 66.7 Å². The molecule has 4 aliphatic carbocycles. The van der Waals surface area contributed by atoms with E-state index in [9.17, 15) is 47.7 Å². The van der Waals surface area contributed by atoms with Crippen molar-refractivity contribution in [3.05, 3.63) is 153 Å². The van der Waals surface area contributed by atoms with E-state index >= 15 is 0 Å². The molecule has 1 N–H and O–H groups in total. The number of carboxylic acids is 1. The number of benzene rings is 4. The molecule has 0 bridgehead atoms. The van der Waals surface area contributed by atoms with Crippen molar-refractivity contribution in [3.63, 3.8) is 0 Å². The predicted octanol–water partition coefficient (Wildman–Crippen LogP) is 24.3. The number of esters is 7. The summed E-state index contributed by atoms with van der Waals surface area (Å²) in [6.07, 6.45) is 17.8. The molecule has 0 atom stereocenters. The van der Waals surface area contributed by atoms with E-state index in [0.717, 1.165) is 95.5 Å². The van der Waals surface area contributed by atoms with Crippen LogP contribution in [0.3, 0.4) is 0 Å². The molecule has 0 spiro atoms. The third kappa shape index (κ3) is 48.2. The Kier molecular flexibility index (Phi) is 55.7. The first-order valence-electron chi connectivity index (χ1n) is 39.6. The van der Waals surface area contributed by atoms with Crippen LogP contribution in [0.25, 0.3) is 0 Å². The van der Waals surface area contributed by atoms with Crippen LogP contribution in [0.15, 0.2) is 109 Å². The Bertz CT molecular complexity index is 3540. The maximum absolute atomic E-state index is 12.0. The topological polar surface area (TPSA) is 274 Å². The van der Waals surface area contributed by atoms with Crippen molar-refractivity contribution < 1.29 is 95.0 Å². The molecule has 4 saturated carbocycles. The number of Topliss-reactive ketones (excluding diaryl/α,β-unsaturated/α-hetero) is 1. The second-order valence-corrected chi connectivity index (χ2v) is 38.2. The van der Waals surface area contributed by atoms with E-state index in [4.69, 9.17) is 47.3 Å². The van der Waals surface area contributed by atoms with Crippen molar-refractivity contribution in [2.75, 3.05) is 51.5 Å². The molecule has 4 fully saturated rings. The molecule has 8 rings (SSSR count). The lowest BCUT2D eigenvalue weighted by atomic mass is 9.77. The van der Waals surface area contributed by atoms with Crippen molar-refractivity contribution in [2.45, 2.75) is 287 Å². The highest BCUT2D eigenvalue weighted by Crippen LogP contribution is 2.48. The van der Waals surface area contributed by atoms with Crippen LogP contribution in [-0.2, 0) is 70.7 Å². The Hall–Kier alpha value is -4.88. The van der Waals surface area contributed by atoms with Crippen LogP contribution in [0, 0.1) is 11.8 Å². The van der Waals surface area contributed by atoms with Gasteiger partial charge in [0.1, 0.15) is 34.3 Å². The highest BCUT2D eigenvalue weighted by molar-refractivity contribution is 14.2. The van der Waals surface area contributed by atoms with Crippen LogP contribution in [0.2, 0.25) is 0 Å². The molecule has 0 unspecified atom stereocenters. The Labute approximate surface area is 743 Å². The lowest BCUT2D eigenvalue weighted by Crippen LogP contribution is -2.26. The summed E-state index contributed by atoms with van der Waals surface area (Å²) < 4.78 is 59.3. The number of carboxylic acid groups (broad SMARTS) is 1. The van der Waals surface area contributed by atoms with Gasteiger partial charge in [0.15, 0.2) is 0 Å². The molecule has 0 saturated heterocycles. The van der Waals surface area contributed by atoms with Gasteiger partial charge in [0.05, 0.1) is 57.7 Å². The number of hydrogen-bond acceptors (Lipinski definition) is 19. The van der Waals surface area contributed by atoms with Gasteiger partial charge in [-0.25, -0.2) is 24.0 Å². The number of aromatic carboxylic acids is 1. The third-order valence-electron chi connectivity index (χ3n) is 18.0. The van der Waals surface area contributed by atoms with Gasteiger partial charge in [0, 0.05) is 31.8 Å². The maximum Gasteiger partial charge on any atom is 0.341 e. The van der Waals surface area contributed by atoms with Gasteiger partial charge in [-0.2, -0.15) is 0 Å². The second kappa shape index (κ2) is 58.1. The van der Waals surface area contributed by atoms with Gasteiger partial charge >= 0.3 is 55.4 Å². The smallest absolute Gasteiger partial charge is 0.341 e. The first-order chi connectivity index (χ1) is 53.6. The first kappa shape index (κ1) is 110. The van der Waals surface area contributed by atoms with Gasteiger partial charge in [0.2, 0.25) is 0 Å². The Balaban J connectivity index is 0.00000139. The molecule has 648 valence electrons. The average molecular weight is 2080 g/mol. The van der Waals surface area contributed by atoms with Crippen molar-refractivity contribution in [1.82, 2.24) is 0 Å². The summed E-state index contributed by atoms with van der Waals surface area (Å²) in [6, 6.07) is 30.2. The van der Waals surface area contributed by atoms with E-state index in [1.165, 1.54) is 24.7 Å². The highest BCUT2D eigenvalue weighted by atomic mass is 127. The van der Waals surface area contributed by atoms with Crippen LogP contribution < -0.4 is 0 Å². The van der Waals surface area contributed by atoms with Gasteiger partial charge in [-0.05, 0) is 324 Å². The highest BCUT2D eigenvalue weighted by Gasteiger charge is 2.32.